The van der Waals surface area contributed by atoms with Crippen molar-refractivity contribution in [3.63, 3.8) is 0 Å². The quantitative estimate of drug-likeness (QED) is 0.582. The van der Waals surface area contributed by atoms with E-state index in [2.05, 4.69) is 0 Å². The molecule has 2 aliphatic rings. The van der Waals surface area contributed by atoms with Gasteiger partial charge in [-0.25, -0.2) is 0 Å². The summed E-state index contributed by atoms with van der Waals surface area (Å²) in [5.74, 6) is 1.53. The highest BCUT2D eigenvalue weighted by Crippen LogP contribution is 2.37. The maximum atomic E-state index is 12.8. The van der Waals surface area contributed by atoms with Gasteiger partial charge in [-0.2, -0.15) is 0 Å². The van der Waals surface area contributed by atoms with Crippen molar-refractivity contribution in [2.24, 2.45) is 0 Å². The standard InChI is InChI=1S/C20H19NO3S2/c22-15-8-6-13(7-9-15)17-11-10-16(24-17)12-18-19(23)21(20(25)26-18)14-4-2-1-3-5-14/h6-12,14,22H,1-5H2/b18-12-. The van der Waals surface area contributed by atoms with Gasteiger partial charge in [0.2, 0.25) is 0 Å². The predicted molar refractivity (Wildman–Crippen MR) is 108 cm³/mol. The normalized spacial score (nSPS) is 20.3. The van der Waals surface area contributed by atoms with Crippen LogP contribution in [0.2, 0.25) is 0 Å². The molecule has 1 saturated heterocycles. The average Bonchev–Trinajstić information content (AvgIpc) is 3.21. The first-order valence-corrected chi connectivity index (χ1v) is 10.0. The number of hydrogen-bond donors (Lipinski definition) is 1. The van der Waals surface area contributed by atoms with Crippen LogP contribution >= 0.6 is 24.0 Å². The third-order valence-corrected chi connectivity index (χ3v) is 6.15. The Hall–Kier alpha value is -2.05. The highest BCUT2D eigenvalue weighted by atomic mass is 32.2. The van der Waals surface area contributed by atoms with E-state index in [1.807, 2.05) is 12.1 Å². The Morgan fingerprint density at radius 1 is 1.12 bits per heavy atom. The van der Waals surface area contributed by atoms with Crippen molar-refractivity contribution >= 4 is 40.3 Å². The van der Waals surface area contributed by atoms with Gasteiger partial charge in [-0.3, -0.25) is 9.69 Å². The molecule has 4 nitrogen and oxygen atoms in total. The summed E-state index contributed by atoms with van der Waals surface area (Å²) >= 11 is 6.81. The molecule has 0 radical (unpaired) electrons. The van der Waals surface area contributed by atoms with Gasteiger partial charge in [-0.15, -0.1) is 0 Å². The van der Waals surface area contributed by atoms with Crippen LogP contribution < -0.4 is 0 Å². The van der Waals surface area contributed by atoms with E-state index in [4.69, 9.17) is 16.6 Å². The largest absolute Gasteiger partial charge is 0.508 e. The minimum Gasteiger partial charge on any atom is -0.508 e. The molecule has 2 heterocycles. The molecule has 0 spiro atoms. The first-order valence-electron chi connectivity index (χ1n) is 8.78. The van der Waals surface area contributed by atoms with E-state index in [0.29, 0.717) is 20.7 Å². The van der Waals surface area contributed by atoms with Gasteiger partial charge in [0, 0.05) is 17.7 Å². The number of benzene rings is 1. The molecule has 6 heteroatoms. The highest BCUT2D eigenvalue weighted by molar-refractivity contribution is 8.26. The second-order valence-corrected chi connectivity index (χ2v) is 8.27. The van der Waals surface area contributed by atoms with Gasteiger partial charge in [0.1, 0.15) is 21.6 Å². The number of carbonyl (C=O) groups is 1. The first kappa shape index (κ1) is 17.4. The lowest BCUT2D eigenvalue weighted by molar-refractivity contribution is -0.124. The molecular weight excluding hydrogens is 366 g/mol. The van der Waals surface area contributed by atoms with Crippen LogP contribution in [-0.4, -0.2) is 26.3 Å². The number of furan rings is 1. The van der Waals surface area contributed by atoms with Crippen molar-refractivity contribution < 1.29 is 14.3 Å². The molecule has 2 fully saturated rings. The number of hydrogen-bond acceptors (Lipinski definition) is 5. The fraction of sp³-hybridized carbons (Fsp3) is 0.300. The third kappa shape index (κ3) is 3.44. The number of rotatable bonds is 3. The molecule has 1 aromatic heterocycles. The number of nitrogens with zero attached hydrogens (tertiary/aromatic N) is 1. The van der Waals surface area contributed by atoms with Crippen molar-refractivity contribution in [1.82, 2.24) is 4.90 Å². The summed E-state index contributed by atoms with van der Waals surface area (Å²) in [6.45, 7) is 0. The fourth-order valence-electron chi connectivity index (χ4n) is 3.47. The van der Waals surface area contributed by atoms with E-state index < -0.39 is 0 Å². The van der Waals surface area contributed by atoms with E-state index in [9.17, 15) is 9.90 Å². The van der Waals surface area contributed by atoms with Crippen molar-refractivity contribution in [2.45, 2.75) is 38.1 Å². The Bertz CT molecular complexity index is 863. The van der Waals surface area contributed by atoms with Crippen LogP contribution in [-0.2, 0) is 4.79 Å². The molecule has 1 N–H and O–H groups in total. The number of carbonyl (C=O) groups excluding carboxylic acids is 1. The lowest BCUT2D eigenvalue weighted by Gasteiger charge is -2.29. The summed E-state index contributed by atoms with van der Waals surface area (Å²) < 4.78 is 6.50. The van der Waals surface area contributed by atoms with Gasteiger partial charge >= 0.3 is 0 Å². The number of aromatic hydroxyl groups is 1. The molecule has 134 valence electrons. The van der Waals surface area contributed by atoms with E-state index in [-0.39, 0.29) is 17.7 Å². The van der Waals surface area contributed by atoms with Crippen LogP contribution in [0.5, 0.6) is 5.75 Å². The summed E-state index contributed by atoms with van der Waals surface area (Å²) in [6, 6.07) is 10.8. The molecular formula is C20H19NO3S2. The number of phenols is 1. The van der Waals surface area contributed by atoms with E-state index in [0.717, 1.165) is 31.2 Å². The highest BCUT2D eigenvalue weighted by Gasteiger charge is 2.37. The Morgan fingerprint density at radius 2 is 1.85 bits per heavy atom. The minimum atomic E-state index is -0.00511. The summed E-state index contributed by atoms with van der Waals surface area (Å²) in [7, 11) is 0. The lowest BCUT2D eigenvalue weighted by Crippen LogP contribution is -2.39. The summed E-state index contributed by atoms with van der Waals surface area (Å²) in [5, 5.41) is 9.39. The SMILES string of the molecule is O=C1/C(=C/c2ccc(-c3ccc(O)cc3)o2)SC(=S)N1C1CCCCC1. The Balaban J connectivity index is 1.54. The van der Waals surface area contributed by atoms with E-state index in [1.54, 1.807) is 35.2 Å². The summed E-state index contributed by atoms with van der Waals surface area (Å²) in [6.07, 6.45) is 7.40. The van der Waals surface area contributed by atoms with Gasteiger partial charge in [-0.1, -0.05) is 43.2 Å². The molecule has 1 aliphatic carbocycles. The topological polar surface area (TPSA) is 53.7 Å². The van der Waals surface area contributed by atoms with Crippen LogP contribution in [0.15, 0.2) is 45.7 Å². The van der Waals surface area contributed by atoms with E-state index in [1.165, 1.54) is 18.2 Å². The monoisotopic (exact) mass is 385 g/mol. The zero-order valence-electron chi connectivity index (χ0n) is 14.2. The second kappa shape index (κ2) is 7.29. The zero-order valence-corrected chi connectivity index (χ0v) is 15.8. The van der Waals surface area contributed by atoms with E-state index >= 15 is 0 Å². The van der Waals surface area contributed by atoms with Gasteiger partial charge < -0.3 is 9.52 Å². The Morgan fingerprint density at radius 3 is 2.58 bits per heavy atom. The summed E-state index contributed by atoms with van der Waals surface area (Å²) in [4.78, 5) is 15.2. The molecule has 0 unspecified atom stereocenters. The maximum absolute atomic E-state index is 12.8. The number of phenolic OH excluding ortho intramolecular Hbond substituents is 1. The third-order valence-electron chi connectivity index (χ3n) is 4.82. The second-order valence-electron chi connectivity index (χ2n) is 6.59. The van der Waals surface area contributed by atoms with Crippen molar-refractivity contribution in [2.75, 3.05) is 0 Å². The maximum Gasteiger partial charge on any atom is 0.266 e. The molecule has 2 aromatic rings. The molecule has 1 saturated carbocycles. The van der Waals surface area contributed by atoms with Crippen LogP contribution in [0.3, 0.4) is 0 Å². The molecule has 1 amide bonds. The number of thiocarbonyl (C=S) groups is 1. The van der Waals surface area contributed by atoms with Crippen LogP contribution in [0.25, 0.3) is 17.4 Å². The fourth-order valence-corrected chi connectivity index (χ4v) is 4.85. The number of amides is 1. The van der Waals surface area contributed by atoms with Crippen molar-refractivity contribution in [3.05, 3.63) is 47.1 Å². The van der Waals surface area contributed by atoms with Crippen LogP contribution in [0, 0.1) is 0 Å². The van der Waals surface area contributed by atoms with Crippen LogP contribution in [0.4, 0.5) is 0 Å². The molecule has 1 aromatic carbocycles. The lowest BCUT2D eigenvalue weighted by atomic mass is 9.94. The van der Waals surface area contributed by atoms with Gasteiger partial charge in [0.15, 0.2) is 0 Å². The van der Waals surface area contributed by atoms with Gasteiger partial charge in [-0.05, 0) is 49.2 Å². The number of thioether (sulfide) groups is 1. The van der Waals surface area contributed by atoms with Gasteiger partial charge in [0.25, 0.3) is 5.91 Å². The Kier molecular flexibility index (Phi) is 4.87. The molecule has 0 bridgehead atoms. The summed E-state index contributed by atoms with van der Waals surface area (Å²) in [5.41, 5.74) is 0.872. The molecule has 0 atom stereocenters. The molecule has 26 heavy (non-hydrogen) atoms. The smallest absolute Gasteiger partial charge is 0.266 e. The Labute approximate surface area is 161 Å². The van der Waals surface area contributed by atoms with Crippen molar-refractivity contribution in [1.29, 1.82) is 0 Å². The van der Waals surface area contributed by atoms with Crippen molar-refractivity contribution in [3.8, 4) is 17.1 Å². The predicted octanol–water partition coefficient (Wildman–Crippen LogP) is 5.19. The average molecular weight is 386 g/mol. The van der Waals surface area contributed by atoms with Crippen LogP contribution in [0.1, 0.15) is 37.9 Å². The molecule has 1 aliphatic heterocycles. The molecule has 4 rings (SSSR count). The minimum absolute atomic E-state index is 0.00511. The zero-order chi connectivity index (χ0) is 18.1. The van der Waals surface area contributed by atoms with Gasteiger partial charge in [0.05, 0.1) is 4.91 Å². The first-order chi connectivity index (χ1) is 12.6.